The Morgan fingerprint density at radius 2 is 2.04 bits per heavy atom. The molecule has 0 radical (unpaired) electrons. The van der Waals surface area contributed by atoms with E-state index in [4.69, 9.17) is 4.42 Å². The van der Waals surface area contributed by atoms with Crippen LogP contribution in [-0.4, -0.2) is 35.2 Å². The smallest absolute Gasteiger partial charge is 0.291 e. The van der Waals surface area contributed by atoms with E-state index in [2.05, 4.69) is 27.5 Å². The molecule has 1 amide bonds. The summed E-state index contributed by atoms with van der Waals surface area (Å²) in [5.74, 6) is 0.587. The fourth-order valence-corrected chi connectivity index (χ4v) is 2.98. The molecule has 1 N–H and O–H groups in total. The lowest BCUT2D eigenvalue weighted by Crippen LogP contribution is -2.10. The van der Waals surface area contributed by atoms with Crippen molar-refractivity contribution in [1.29, 1.82) is 0 Å². The number of nitrogens with one attached hydrogen (secondary N) is 1. The molecule has 0 bridgehead atoms. The number of carbonyl (C=O) groups excluding carboxylic acids is 1. The van der Waals surface area contributed by atoms with Crippen LogP contribution in [0.4, 0.5) is 5.69 Å². The summed E-state index contributed by atoms with van der Waals surface area (Å²) in [5, 5.41) is 15.6. The minimum absolute atomic E-state index is 0.245. The zero-order chi connectivity index (χ0) is 19.5. The third-order valence-electron chi connectivity index (χ3n) is 4.49. The predicted molar refractivity (Wildman–Crippen MR) is 102 cm³/mol. The summed E-state index contributed by atoms with van der Waals surface area (Å²) in [6.45, 7) is 5.99. The highest BCUT2D eigenvalue weighted by molar-refractivity contribution is 6.02. The van der Waals surface area contributed by atoms with Crippen LogP contribution in [0.15, 0.2) is 53.6 Å². The monoisotopic (exact) mass is 379 g/mol. The minimum atomic E-state index is -0.318. The summed E-state index contributed by atoms with van der Waals surface area (Å²) >= 11 is 0. The molecule has 0 aliphatic carbocycles. The van der Waals surface area contributed by atoms with Crippen LogP contribution < -0.4 is 5.32 Å². The molecule has 4 heterocycles. The zero-order valence-electron chi connectivity index (χ0n) is 15.7. The van der Waals surface area contributed by atoms with Crippen LogP contribution in [0.1, 0.15) is 34.5 Å². The number of nitrogens with zero attached hydrogens (tertiary/aromatic N) is 6. The van der Waals surface area contributed by atoms with Gasteiger partial charge in [-0.1, -0.05) is 0 Å². The summed E-state index contributed by atoms with van der Waals surface area (Å²) in [4.78, 5) is 12.4. The normalized spacial score (nSPS) is 11.1. The van der Waals surface area contributed by atoms with Crippen LogP contribution in [0.25, 0.3) is 0 Å². The van der Waals surface area contributed by atoms with Gasteiger partial charge in [0.1, 0.15) is 5.76 Å². The summed E-state index contributed by atoms with van der Waals surface area (Å²) in [6, 6.07) is 5.26. The van der Waals surface area contributed by atoms with E-state index in [1.54, 1.807) is 40.1 Å². The fourth-order valence-electron chi connectivity index (χ4n) is 2.98. The van der Waals surface area contributed by atoms with Gasteiger partial charge >= 0.3 is 0 Å². The fraction of sp³-hybridized carbons (Fsp3) is 0.263. The van der Waals surface area contributed by atoms with Crippen LogP contribution in [0.3, 0.4) is 0 Å². The number of carbonyl (C=O) groups is 1. The maximum atomic E-state index is 12.4. The van der Waals surface area contributed by atoms with E-state index in [9.17, 15) is 4.79 Å². The van der Waals surface area contributed by atoms with Gasteiger partial charge in [-0.25, -0.2) is 0 Å². The highest BCUT2D eigenvalue weighted by Gasteiger charge is 2.13. The first-order valence-corrected chi connectivity index (χ1v) is 9.03. The highest BCUT2D eigenvalue weighted by Crippen LogP contribution is 2.14. The summed E-state index contributed by atoms with van der Waals surface area (Å²) in [6.07, 6.45) is 8.79. The van der Waals surface area contributed by atoms with Crippen molar-refractivity contribution in [3.05, 3.63) is 72.0 Å². The third kappa shape index (κ3) is 3.73. The molecule has 0 spiro atoms. The van der Waals surface area contributed by atoms with Gasteiger partial charge in [0, 0.05) is 36.4 Å². The lowest BCUT2D eigenvalue weighted by atomic mass is 10.2. The van der Waals surface area contributed by atoms with E-state index < -0.39 is 0 Å². The average Bonchev–Trinajstić information content (AvgIpc) is 3.46. The lowest BCUT2D eigenvalue weighted by Gasteiger charge is -2.03. The van der Waals surface area contributed by atoms with Crippen molar-refractivity contribution in [3.8, 4) is 0 Å². The van der Waals surface area contributed by atoms with Gasteiger partial charge in [-0.2, -0.15) is 15.3 Å². The molecule has 9 nitrogen and oxygen atoms in total. The van der Waals surface area contributed by atoms with Crippen LogP contribution in [0.5, 0.6) is 0 Å². The number of anilines is 1. The van der Waals surface area contributed by atoms with Gasteiger partial charge in [-0.05, 0) is 32.0 Å². The Morgan fingerprint density at radius 3 is 2.79 bits per heavy atom. The molecule has 4 rings (SSSR count). The summed E-state index contributed by atoms with van der Waals surface area (Å²) in [5.41, 5.74) is 2.82. The zero-order valence-corrected chi connectivity index (χ0v) is 15.7. The van der Waals surface area contributed by atoms with Gasteiger partial charge in [-0.3, -0.25) is 18.8 Å². The largest absolute Gasteiger partial charge is 0.454 e. The molecule has 0 saturated heterocycles. The van der Waals surface area contributed by atoms with E-state index >= 15 is 0 Å². The molecule has 144 valence electrons. The molecule has 9 heteroatoms. The van der Waals surface area contributed by atoms with E-state index in [0.29, 0.717) is 24.5 Å². The standard InChI is InChI=1S/C19H21N7O2/c1-3-26-14(2)15(9-22-26)11-25-12-16(10-21-25)23-19(27)18-6-5-17(28-18)13-24-8-4-7-20-24/h4-10,12H,3,11,13H2,1-2H3,(H,23,27). The van der Waals surface area contributed by atoms with E-state index in [0.717, 1.165) is 17.8 Å². The molecular formula is C19H21N7O2. The van der Waals surface area contributed by atoms with Gasteiger partial charge in [0.15, 0.2) is 5.76 Å². The summed E-state index contributed by atoms with van der Waals surface area (Å²) < 4.78 is 11.1. The molecule has 0 aliphatic rings. The first kappa shape index (κ1) is 17.8. The van der Waals surface area contributed by atoms with E-state index in [1.165, 1.54) is 0 Å². The molecular weight excluding hydrogens is 358 g/mol. The molecule has 0 aliphatic heterocycles. The molecule has 0 saturated carbocycles. The van der Waals surface area contributed by atoms with Gasteiger partial charge in [0.2, 0.25) is 0 Å². The van der Waals surface area contributed by atoms with Crippen molar-refractivity contribution >= 4 is 11.6 Å². The molecule has 4 aromatic rings. The van der Waals surface area contributed by atoms with Crippen molar-refractivity contribution in [1.82, 2.24) is 29.3 Å². The molecule has 0 atom stereocenters. The van der Waals surface area contributed by atoms with Gasteiger partial charge < -0.3 is 9.73 Å². The van der Waals surface area contributed by atoms with Gasteiger partial charge in [0.25, 0.3) is 5.91 Å². The van der Waals surface area contributed by atoms with Crippen molar-refractivity contribution in [2.24, 2.45) is 0 Å². The number of hydrogen-bond donors (Lipinski definition) is 1. The number of hydrogen-bond acceptors (Lipinski definition) is 5. The Bertz CT molecular complexity index is 1070. The second kappa shape index (κ2) is 7.55. The maximum absolute atomic E-state index is 12.4. The second-order valence-corrected chi connectivity index (χ2v) is 6.42. The number of aromatic nitrogens is 6. The Labute approximate surface area is 161 Å². The SMILES string of the molecule is CCn1ncc(Cn2cc(NC(=O)c3ccc(Cn4cccn4)o3)cn2)c1C. The number of aryl methyl sites for hydroxylation is 1. The first-order valence-electron chi connectivity index (χ1n) is 9.03. The lowest BCUT2D eigenvalue weighted by molar-refractivity contribution is 0.0994. The van der Waals surface area contributed by atoms with Crippen molar-refractivity contribution < 1.29 is 9.21 Å². The third-order valence-corrected chi connectivity index (χ3v) is 4.49. The van der Waals surface area contributed by atoms with Crippen LogP contribution in [-0.2, 0) is 19.6 Å². The van der Waals surface area contributed by atoms with E-state index in [1.807, 2.05) is 30.1 Å². The highest BCUT2D eigenvalue weighted by atomic mass is 16.4. The molecule has 28 heavy (non-hydrogen) atoms. The quantitative estimate of drug-likeness (QED) is 0.532. The Morgan fingerprint density at radius 1 is 1.14 bits per heavy atom. The van der Waals surface area contributed by atoms with E-state index in [-0.39, 0.29) is 11.7 Å². The molecule has 0 aromatic carbocycles. The maximum Gasteiger partial charge on any atom is 0.291 e. The first-order chi connectivity index (χ1) is 13.6. The Balaban J connectivity index is 1.39. The second-order valence-electron chi connectivity index (χ2n) is 6.42. The number of furan rings is 1. The summed E-state index contributed by atoms with van der Waals surface area (Å²) in [7, 11) is 0. The van der Waals surface area contributed by atoms with Crippen molar-refractivity contribution in [2.75, 3.05) is 5.32 Å². The number of rotatable bonds is 7. The van der Waals surface area contributed by atoms with Gasteiger partial charge in [-0.15, -0.1) is 0 Å². The van der Waals surface area contributed by atoms with Crippen LogP contribution >= 0.6 is 0 Å². The molecule has 0 unspecified atom stereocenters. The van der Waals surface area contributed by atoms with Crippen molar-refractivity contribution in [2.45, 2.75) is 33.5 Å². The topological polar surface area (TPSA) is 95.7 Å². The molecule has 4 aromatic heterocycles. The predicted octanol–water partition coefficient (Wildman–Crippen LogP) is 2.55. The minimum Gasteiger partial charge on any atom is -0.454 e. The van der Waals surface area contributed by atoms with Crippen LogP contribution in [0, 0.1) is 6.92 Å². The average molecular weight is 379 g/mol. The molecule has 0 fully saturated rings. The number of amides is 1. The van der Waals surface area contributed by atoms with Crippen LogP contribution in [0.2, 0.25) is 0 Å². The van der Waals surface area contributed by atoms with Gasteiger partial charge in [0.05, 0.1) is 31.2 Å². The van der Waals surface area contributed by atoms with Crippen molar-refractivity contribution in [3.63, 3.8) is 0 Å². The Hall–Kier alpha value is -3.62. The Kier molecular flexibility index (Phi) is 4.79.